The second kappa shape index (κ2) is 8.64. The Morgan fingerprint density at radius 1 is 1.15 bits per heavy atom. The monoisotopic (exact) mass is 381 g/mol. The largest absolute Gasteiger partial charge is 0.473 e. The molecule has 0 aliphatic rings. The van der Waals surface area contributed by atoms with E-state index in [1.54, 1.807) is 36.5 Å². The molecule has 138 valence electrons. The van der Waals surface area contributed by atoms with Gasteiger partial charge in [-0.15, -0.1) is 0 Å². The predicted octanol–water partition coefficient (Wildman–Crippen LogP) is 4.29. The molecular weight excluding hydrogens is 362 g/mol. The van der Waals surface area contributed by atoms with Gasteiger partial charge in [-0.25, -0.2) is 4.98 Å². The van der Waals surface area contributed by atoms with Crippen molar-refractivity contribution in [2.75, 3.05) is 7.05 Å². The van der Waals surface area contributed by atoms with Gasteiger partial charge in [0, 0.05) is 48.3 Å². The fraction of sp³-hybridized carbons (Fsp3) is 0.190. The first-order valence-corrected chi connectivity index (χ1v) is 8.89. The maximum Gasteiger partial charge on any atom is 0.254 e. The van der Waals surface area contributed by atoms with Gasteiger partial charge in [-0.3, -0.25) is 9.78 Å². The zero-order valence-electron chi connectivity index (χ0n) is 15.2. The summed E-state index contributed by atoms with van der Waals surface area (Å²) >= 11 is 5.99. The number of rotatable bonds is 6. The highest BCUT2D eigenvalue weighted by Gasteiger charge is 2.15. The molecule has 0 radical (unpaired) electrons. The number of halogens is 1. The molecule has 0 atom stereocenters. The minimum Gasteiger partial charge on any atom is -0.473 e. The molecule has 2 heterocycles. The molecule has 0 fully saturated rings. The molecule has 0 spiro atoms. The predicted molar refractivity (Wildman–Crippen MR) is 105 cm³/mol. The average molecular weight is 382 g/mol. The molecule has 1 aromatic carbocycles. The Morgan fingerprint density at radius 3 is 2.70 bits per heavy atom. The molecule has 6 heteroatoms. The Balaban J connectivity index is 1.71. The van der Waals surface area contributed by atoms with Gasteiger partial charge in [0.2, 0.25) is 5.88 Å². The van der Waals surface area contributed by atoms with E-state index in [1.165, 1.54) is 0 Å². The minimum absolute atomic E-state index is 0.100. The highest BCUT2D eigenvalue weighted by molar-refractivity contribution is 6.30. The number of nitrogens with zero attached hydrogens (tertiary/aromatic N) is 3. The summed E-state index contributed by atoms with van der Waals surface area (Å²) in [5.41, 5.74) is 3.16. The van der Waals surface area contributed by atoms with Crippen LogP contribution in [0.2, 0.25) is 5.02 Å². The molecule has 0 aliphatic carbocycles. The zero-order valence-corrected chi connectivity index (χ0v) is 16.0. The molecule has 2 aromatic heterocycles. The molecule has 0 unspecified atom stereocenters. The van der Waals surface area contributed by atoms with Crippen LogP contribution in [-0.2, 0) is 13.2 Å². The summed E-state index contributed by atoms with van der Waals surface area (Å²) in [6.07, 6.45) is 3.46. The Hall–Kier alpha value is -2.92. The first kappa shape index (κ1) is 18.9. The van der Waals surface area contributed by atoms with Crippen LogP contribution < -0.4 is 4.74 Å². The van der Waals surface area contributed by atoms with E-state index in [2.05, 4.69) is 9.97 Å². The summed E-state index contributed by atoms with van der Waals surface area (Å²) in [5, 5.41) is 0.654. The van der Waals surface area contributed by atoms with Gasteiger partial charge in [0.1, 0.15) is 6.61 Å². The second-order valence-corrected chi connectivity index (χ2v) is 6.71. The highest BCUT2D eigenvalue weighted by Crippen LogP contribution is 2.18. The van der Waals surface area contributed by atoms with Gasteiger partial charge in [-0.1, -0.05) is 29.8 Å². The smallest absolute Gasteiger partial charge is 0.254 e. The summed E-state index contributed by atoms with van der Waals surface area (Å²) < 4.78 is 5.77. The van der Waals surface area contributed by atoms with Crippen molar-refractivity contribution in [1.29, 1.82) is 0 Å². The first-order chi connectivity index (χ1) is 13.0. The van der Waals surface area contributed by atoms with Crippen molar-refractivity contribution in [3.63, 3.8) is 0 Å². The Bertz CT molecular complexity index is 932. The third kappa shape index (κ3) is 5.28. The molecule has 5 nitrogen and oxygen atoms in total. The van der Waals surface area contributed by atoms with Crippen molar-refractivity contribution < 1.29 is 9.53 Å². The third-order valence-electron chi connectivity index (χ3n) is 3.94. The van der Waals surface area contributed by atoms with Gasteiger partial charge in [-0.05, 0) is 42.3 Å². The Kier molecular flexibility index (Phi) is 6.04. The van der Waals surface area contributed by atoms with Gasteiger partial charge in [0.05, 0.1) is 0 Å². The number of hydrogen-bond donors (Lipinski definition) is 0. The van der Waals surface area contributed by atoms with Crippen LogP contribution in [0, 0.1) is 6.92 Å². The number of hydrogen-bond acceptors (Lipinski definition) is 4. The standard InChI is InChI=1S/C21H20ClN3O2/c1-15-9-18(21(26)25(2)13-17-6-4-8-23-12-17)11-20(24-15)27-14-16-5-3-7-19(22)10-16/h3-12H,13-14H2,1-2H3. The number of carbonyl (C=O) groups excluding carboxylic acids is 1. The van der Waals surface area contributed by atoms with Crippen molar-refractivity contribution in [2.45, 2.75) is 20.1 Å². The average Bonchev–Trinajstić information content (AvgIpc) is 2.66. The van der Waals surface area contributed by atoms with E-state index in [4.69, 9.17) is 16.3 Å². The van der Waals surface area contributed by atoms with E-state index in [0.717, 1.165) is 16.8 Å². The molecule has 3 rings (SSSR count). The lowest BCUT2D eigenvalue weighted by atomic mass is 10.2. The fourth-order valence-corrected chi connectivity index (χ4v) is 2.89. The molecule has 1 amide bonds. The maximum absolute atomic E-state index is 12.8. The molecule has 3 aromatic rings. The lowest BCUT2D eigenvalue weighted by Crippen LogP contribution is -2.26. The van der Waals surface area contributed by atoms with Gasteiger partial charge in [0.15, 0.2) is 0 Å². The summed E-state index contributed by atoms with van der Waals surface area (Å²) in [6.45, 7) is 2.65. The number of amides is 1. The number of carbonyl (C=O) groups is 1. The highest BCUT2D eigenvalue weighted by atomic mass is 35.5. The van der Waals surface area contributed by atoms with Crippen LogP contribution in [0.4, 0.5) is 0 Å². The lowest BCUT2D eigenvalue weighted by molar-refractivity contribution is 0.0784. The normalized spacial score (nSPS) is 10.5. The van der Waals surface area contributed by atoms with Crippen LogP contribution >= 0.6 is 11.6 Å². The number of aryl methyl sites for hydroxylation is 1. The van der Waals surface area contributed by atoms with E-state index in [0.29, 0.717) is 29.6 Å². The van der Waals surface area contributed by atoms with Crippen LogP contribution in [0.3, 0.4) is 0 Å². The molecule has 0 saturated carbocycles. The van der Waals surface area contributed by atoms with Crippen LogP contribution in [0.15, 0.2) is 60.9 Å². The molecule has 0 aliphatic heterocycles. The maximum atomic E-state index is 12.8. The van der Waals surface area contributed by atoms with Crippen molar-refractivity contribution in [3.05, 3.63) is 88.3 Å². The van der Waals surface area contributed by atoms with Gasteiger partial charge < -0.3 is 9.64 Å². The SMILES string of the molecule is Cc1cc(C(=O)N(C)Cc2cccnc2)cc(OCc2cccc(Cl)c2)n1. The van der Waals surface area contributed by atoms with Crippen LogP contribution in [-0.4, -0.2) is 27.8 Å². The summed E-state index contributed by atoms with van der Waals surface area (Å²) in [4.78, 5) is 22.9. The number of ether oxygens (including phenoxy) is 1. The fourth-order valence-electron chi connectivity index (χ4n) is 2.68. The molecule has 0 bridgehead atoms. The van der Waals surface area contributed by atoms with E-state index < -0.39 is 0 Å². The van der Waals surface area contributed by atoms with Crippen molar-refractivity contribution in [2.24, 2.45) is 0 Å². The first-order valence-electron chi connectivity index (χ1n) is 8.51. The Labute approximate surface area is 163 Å². The molecular formula is C21H20ClN3O2. The van der Waals surface area contributed by atoms with E-state index in [1.807, 2.05) is 43.3 Å². The van der Waals surface area contributed by atoms with E-state index >= 15 is 0 Å². The van der Waals surface area contributed by atoms with Gasteiger partial charge in [0.25, 0.3) is 5.91 Å². The van der Waals surface area contributed by atoms with Crippen LogP contribution in [0.25, 0.3) is 0 Å². The summed E-state index contributed by atoms with van der Waals surface area (Å²) in [6, 6.07) is 14.7. The molecule has 0 N–H and O–H groups in total. The number of aromatic nitrogens is 2. The third-order valence-corrected chi connectivity index (χ3v) is 4.18. The van der Waals surface area contributed by atoms with Gasteiger partial charge in [-0.2, -0.15) is 0 Å². The quantitative estimate of drug-likeness (QED) is 0.639. The molecule has 27 heavy (non-hydrogen) atoms. The van der Waals surface area contributed by atoms with Crippen molar-refractivity contribution >= 4 is 17.5 Å². The molecule has 0 saturated heterocycles. The summed E-state index contributed by atoms with van der Waals surface area (Å²) in [5.74, 6) is 0.310. The van der Waals surface area contributed by atoms with E-state index in [9.17, 15) is 4.79 Å². The lowest BCUT2D eigenvalue weighted by Gasteiger charge is -2.18. The van der Waals surface area contributed by atoms with Gasteiger partial charge >= 0.3 is 0 Å². The Morgan fingerprint density at radius 2 is 1.96 bits per heavy atom. The van der Waals surface area contributed by atoms with Crippen LogP contribution in [0.1, 0.15) is 27.2 Å². The van der Waals surface area contributed by atoms with Crippen LogP contribution in [0.5, 0.6) is 5.88 Å². The van der Waals surface area contributed by atoms with E-state index in [-0.39, 0.29) is 5.91 Å². The topological polar surface area (TPSA) is 55.3 Å². The zero-order chi connectivity index (χ0) is 19.2. The minimum atomic E-state index is -0.100. The number of benzene rings is 1. The van der Waals surface area contributed by atoms with Crippen molar-refractivity contribution in [1.82, 2.24) is 14.9 Å². The summed E-state index contributed by atoms with van der Waals surface area (Å²) in [7, 11) is 1.76. The number of pyridine rings is 2. The van der Waals surface area contributed by atoms with Crippen molar-refractivity contribution in [3.8, 4) is 5.88 Å². The second-order valence-electron chi connectivity index (χ2n) is 6.28.